The highest BCUT2D eigenvalue weighted by Crippen LogP contribution is 2.33. The van der Waals surface area contributed by atoms with Gasteiger partial charge in [0.15, 0.2) is 0 Å². The van der Waals surface area contributed by atoms with Crippen molar-refractivity contribution in [2.24, 2.45) is 0 Å². The molecule has 2 atom stereocenters. The smallest absolute Gasteiger partial charge is 0.324 e. The van der Waals surface area contributed by atoms with Crippen molar-refractivity contribution in [3.63, 3.8) is 0 Å². The summed E-state index contributed by atoms with van der Waals surface area (Å²) in [5.74, 6) is -0.827. The Morgan fingerprint density at radius 2 is 2.30 bits per heavy atom. The number of hydrogen-bond acceptors (Lipinski definition) is 3. The predicted octanol–water partition coefficient (Wildman–Crippen LogP) is 0.484. The summed E-state index contributed by atoms with van der Waals surface area (Å²) in [6.07, 6.45) is 0.829. The van der Waals surface area contributed by atoms with Crippen LogP contribution in [-0.2, 0) is 14.3 Å². The van der Waals surface area contributed by atoms with Crippen LogP contribution in [0.1, 0.15) is 19.8 Å². The molecule has 0 spiro atoms. The molecule has 1 rings (SSSR count). The molecule has 1 heterocycles. The topological polar surface area (TPSA) is 43.4 Å². The van der Waals surface area contributed by atoms with Crippen LogP contribution in [0.3, 0.4) is 0 Å². The van der Waals surface area contributed by atoms with Gasteiger partial charge in [0.05, 0.1) is 11.6 Å². The minimum Gasteiger partial charge on any atom is -0.392 e. The summed E-state index contributed by atoms with van der Waals surface area (Å²) in [5.41, 5.74) is 0. The molecule has 0 N–H and O–H groups in total. The molecule has 1 saturated heterocycles. The Kier molecular flexibility index (Phi) is 1.78. The maximum atomic E-state index is 10.9. The van der Waals surface area contributed by atoms with E-state index in [1.807, 2.05) is 6.92 Å². The fraction of sp³-hybridized carbons (Fsp3) is 0.667. The van der Waals surface area contributed by atoms with E-state index in [9.17, 15) is 9.59 Å². The Morgan fingerprint density at radius 3 is 2.50 bits per heavy atom. The number of esters is 2. The largest absolute Gasteiger partial charge is 0.392 e. The van der Waals surface area contributed by atoms with E-state index in [4.69, 9.17) is 0 Å². The van der Waals surface area contributed by atoms with Gasteiger partial charge in [-0.15, -0.1) is 9.24 Å². The number of carbonyl (C=O) groups excluding carboxylic acids is 2. The molecule has 10 heavy (non-hydrogen) atoms. The van der Waals surface area contributed by atoms with Gasteiger partial charge in [0, 0.05) is 0 Å². The summed E-state index contributed by atoms with van der Waals surface area (Å²) >= 11 is 0. The Hall–Kier alpha value is -0.430. The van der Waals surface area contributed by atoms with Crippen LogP contribution >= 0.6 is 9.24 Å². The fourth-order valence-electron chi connectivity index (χ4n) is 0.840. The summed E-state index contributed by atoms with van der Waals surface area (Å²) < 4.78 is 4.37. The van der Waals surface area contributed by atoms with Crippen molar-refractivity contribution in [3.8, 4) is 0 Å². The van der Waals surface area contributed by atoms with E-state index < -0.39 is 17.1 Å². The van der Waals surface area contributed by atoms with E-state index in [0.29, 0.717) is 6.42 Å². The summed E-state index contributed by atoms with van der Waals surface area (Å²) in [7, 11) is 2.37. The molecule has 0 saturated carbocycles. The third-order valence-corrected chi connectivity index (χ3v) is 2.55. The van der Waals surface area contributed by atoms with Crippen molar-refractivity contribution in [1.29, 1.82) is 0 Å². The Morgan fingerprint density at radius 1 is 1.70 bits per heavy atom. The number of ether oxygens (including phenoxy) is 1. The van der Waals surface area contributed by atoms with Crippen molar-refractivity contribution in [2.45, 2.75) is 24.9 Å². The predicted molar refractivity (Wildman–Crippen MR) is 38.4 cm³/mol. The van der Waals surface area contributed by atoms with Crippen molar-refractivity contribution in [3.05, 3.63) is 0 Å². The van der Waals surface area contributed by atoms with Gasteiger partial charge < -0.3 is 4.74 Å². The van der Waals surface area contributed by atoms with Gasteiger partial charge in [-0.3, -0.25) is 9.59 Å². The molecule has 0 aromatic rings. The summed E-state index contributed by atoms with van der Waals surface area (Å²) in [6, 6.07) is 0. The number of hydrogen-bond donors (Lipinski definition) is 0. The van der Waals surface area contributed by atoms with Gasteiger partial charge >= 0.3 is 11.9 Å². The van der Waals surface area contributed by atoms with Gasteiger partial charge in [-0.2, -0.15) is 0 Å². The zero-order chi connectivity index (χ0) is 7.78. The number of rotatable bonds is 1. The van der Waals surface area contributed by atoms with Crippen LogP contribution < -0.4 is 0 Å². The van der Waals surface area contributed by atoms with E-state index in [2.05, 4.69) is 14.0 Å². The summed E-state index contributed by atoms with van der Waals surface area (Å²) in [5, 5.41) is -0.628. The summed E-state index contributed by atoms with van der Waals surface area (Å²) in [6.45, 7) is 1.85. The second-order valence-corrected chi connectivity index (χ2v) is 3.55. The first-order chi connectivity index (χ1) is 4.58. The molecule has 56 valence electrons. The Balaban J connectivity index is 2.80. The molecule has 0 aromatic carbocycles. The second kappa shape index (κ2) is 2.31. The molecular weight excluding hydrogens is 151 g/mol. The third kappa shape index (κ3) is 1.06. The van der Waals surface area contributed by atoms with Crippen LogP contribution in [0.4, 0.5) is 0 Å². The van der Waals surface area contributed by atoms with Crippen molar-refractivity contribution in [1.82, 2.24) is 0 Å². The Labute approximate surface area is 61.3 Å². The van der Waals surface area contributed by atoms with Crippen LogP contribution in [0.25, 0.3) is 0 Å². The lowest BCUT2D eigenvalue weighted by molar-refractivity contribution is -0.152. The Bertz CT molecular complexity index is 189. The zero-order valence-electron chi connectivity index (χ0n) is 5.72. The molecule has 3 nitrogen and oxygen atoms in total. The highest BCUT2D eigenvalue weighted by atomic mass is 31.0. The molecule has 4 heteroatoms. The first-order valence-electron chi connectivity index (χ1n) is 3.12. The van der Waals surface area contributed by atoms with E-state index in [1.165, 1.54) is 0 Å². The van der Waals surface area contributed by atoms with Gasteiger partial charge in [-0.05, 0) is 6.42 Å². The lowest BCUT2D eigenvalue weighted by atomic mass is 10.0. The minimum atomic E-state index is -0.628. The maximum absolute atomic E-state index is 10.9. The van der Waals surface area contributed by atoms with Crippen LogP contribution in [0, 0.1) is 0 Å². The standard InChI is InChI=1S/C6H9O3P/c1-2-6(10)3-4(7)9-5(6)8/h2-3,10H2,1H3. The van der Waals surface area contributed by atoms with Gasteiger partial charge in [-0.1, -0.05) is 6.92 Å². The molecule has 2 unspecified atom stereocenters. The highest BCUT2D eigenvalue weighted by Gasteiger charge is 2.43. The molecule has 0 aromatic heterocycles. The van der Waals surface area contributed by atoms with Crippen LogP contribution in [0.5, 0.6) is 0 Å². The molecule has 1 aliphatic heterocycles. The lowest BCUT2D eigenvalue weighted by Gasteiger charge is -2.12. The molecule has 0 amide bonds. The average Bonchev–Trinajstić information content (AvgIpc) is 2.09. The maximum Gasteiger partial charge on any atom is 0.324 e. The number of cyclic esters (lactones) is 2. The monoisotopic (exact) mass is 160 g/mol. The van der Waals surface area contributed by atoms with E-state index in [1.54, 1.807) is 0 Å². The van der Waals surface area contributed by atoms with Gasteiger partial charge in [0.25, 0.3) is 0 Å². The second-order valence-electron chi connectivity index (χ2n) is 2.45. The van der Waals surface area contributed by atoms with Crippen LogP contribution in [-0.4, -0.2) is 17.1 Å². The number of carbonyl (C=O) groups is 2. The van der Waals surface area contributed by atoms with Crippen molar-refractivity contribution < 1.29 is 14.3 Å². The lowest BCUT2D eigenvalue weighted by Crippen LogP contribution is -2.24. The van der Waals surface area contributed by atoms with Crippen molar-refractivity contribution in [2.75, 3.05) is 0 Å². The molecular formula is C6H9O3P. The minimum absolute atomic E-state index is 0.201. The van der Waals surface area contributed by atoms with Crippen molar-refractivity contribution >= 4 is 21.2 Å². The molecule has 1 fully saturated rings. The van der Waals surface area contributed by atoms with Crippen LogP contribution in [0.15, 0.2) is 0 Å². The molecule has 0 aliphatic carbocycles. The summed E-state index contributed by atoms with van der Waals surface area (Å²) in [4.78, 5) is 21.4. The normalized spacial score (nSPS) is 32.6. The average molecular weight is 160 g/mol. The van der Waals surface area contributed by atoms with Gasteiger partial charge in [0.1, 0.15) is 0 Å². The van der Waals surface area contributed by atoms with E-state index >= 15 is 0 Å². The molecule has 1 aliphatic rings. The first-order valence-corrected chi connectivity index (χ1v) is 3.70. The first kappa shape index (κ1) is 7.67. The SMILES string of the molecule is CCC1(P)CC(=O)OC1=O. The third-order valence-electron chi connectivity index (χ3n) is 1.70. The highest BCUT2D eigenvalue weighted by molar-refractivity contribution is 7.21. The molecule has 0 radical (unpaired) electrons. The van der Waals surface area contributed by atoms with Gasteiger partial charge in [-0.25, -0.2) is 0 Å². The van der Waals surface area contributed by atoms with Crippen LogP contribution in [0.2, 0.25) is 0 Å². The van der Waals surface area contributed by atoms with E-state index in [-0.39, 0.29) is 6.42 Å². The van der Waals surface area contributed by atoms with Gasteiger partial charge in [0.2, 0.25) is 0 Å². The van der Waals surface area contributed by atoms with E-state index in [0.717, 1.165) is 0 Å². The fourth-order valence-corrected chi connectivity index (χ4v) is 1.07. The zero-order valence-corrected chi connectivity index (χ0v) is 6.87. The quantitative estimate of drug-likeness (QED) is 0.318. The molecule has 0 bridgehead atoms.